The van der Waals surface area contributed by atoms with Crippen LogP contribution in [0.25, 0.3) is 11.0 Å². The summed E-state index contributed by atoms with van der Waals surface area (Å²) in [5.41, 5.74) is 1.93. The van der Waals surface area contributed by atoms with Gasteiger partial charge in [-0.1, -0.05) is 25.5 Å². The summed E-state index contributed by atoms with van der Waals surface area (Å²) < 4.78 is 6.85. The number of hydrogen-bond acceptors (Lipinski definition) is 3. The van der Waals surface area contributed by atoms with Gasteiger partial charge in [0.05, 0.1) is 18.1 Å². The van der Waals surface area contributed by atoms with Gasteiger partial charge in [0.15, 0.2) is 0 Å². The van der Waals surface area contributed by atoms with Crippen molar-refractivity contribution in [2.24, 2.45) is 0 Å². The number of carbonyl (C=O) groups excluding carboxylic acids is 1. The van der Waals surface area contributed by atoms with E-state index in [1.807, 2.05) is 35.8 Å². The smallest absolute Gasteiger partial charge is 0.328 e. The fourth-order valence-electron chi connectivity index (χ4n) is 2.31. The molecule has 102 valence electrons. The third-order valence-corrected chi connectivity index (χ3v) is 3.35. The van der Waals surface area contributed by atoms with Gasteiger partial charge < -0.3 is 9.30 Å². The van der Waals surface area contributed by atoms with E-state index in [9.17, 15) is 4.79 Å². The Morgan fingerprint density at radius 2 is 2.16 bits per heavy atom. The molecule has 0 aliphatic carbocycles. The normalized spacial score (nSPS) is 12.6. The molecule has 0 spiro atoms. The molecule has 0 bridgehead atoms. The SMILES string of the molecule is CCCCc1nc2ccccc2n1[C@@H](C)C(=O)OC. The number of rotatable bonds is 5. The summed E-state index contributed by atoms with van der Waals surface area (Å²) >= 11 is 0. The van der Waals surface area contributed by atoms with E-state index in [0.717, 1.165) is 36.1 Å². The Bertz CT molecular complexity index is 575. The second kappa shape index (κ2) is 5.87. The van der Waals surface area contributed by atoms with Crippen molar-refractivity contribution in [3.8, 4) is 0 Å². The number of hydrogen-bond donors (Lipinski definition) is 0. The molecule has 1 aromatic carbocycles. The standard InChI is InChI=1S/C15H20N2O2/c1-4-5-10-14-16-12-8-6-7-9-13(12)17(14)11(2)15(18)19-3/h6-9,11H,4-5,10H2,1-3H3/t11-/m0/s1. The van der Waals surface area contributed by atoms with Crippen molar-refractivity contribution in [3.05, 3.63) is 30.1 Å². The molecule has 0 fully saturated rings. The molecular formula is C15H20N2O2. The average molecular weight is 260 g/mol. The molecule has 0 unspecified atom stereocenters. The molecule has 19 heavy (non-hydrogen) atoms. The van der Waals surface area contributed by atoms with Crippen molar-refractivity contribution in [3.63, 3.8) is 0 Å². The summed E-state index contributed by atoms with van der Waals surface area (Å²) in [6, 6.07) is 7.56. The second-order valence-corrected chi connectivity index (χ2v) is 4.69. The van der Waals surface area contributed by atoms with Crippen LogP contribution in [-0.4, -0.2) is 22.6 Å². The molecule has 1 heterocycles. The van der Waals surface area contributed by atoms with E-state index in [1.165, 1.54) is 7.11 Å². The van der Waals surface area contributed by atoms with Gasteiger partial charge in [-0.25, -0.2) is 9.78 Å². The molecule has 0 aliphatic rings. The zero-order chi connectivity index (χ0) is 13.8. The van der Waals surface area contributed by atoms with E-state index in [-0.39, 0.29) is 12.0 Å². The van der Waals surface area contributed by atoms with Crippen LogP contribution >= 0.6 is 0 Å². The van der Waals surface area contributed by atoms with Crippen LogP contribution in [0.15, 0.2) is 24.3 Å². The Labute approximate surface area is 113 Å². The molecule has 4 heteroatoms. The largest absolute Gasteiger partial charge is 0.467 e. The van der Waals surface area contributed by atoms with Crippen molar-refractivity contribution in [2.75, 3.05) is 7.11 Å². The third-order valence-electron chi connectivity index (χ3n) is 3.35. The molecule has 1 aromatic heterocycles. The van der Waals surface area contributed by atoms with Crippen molar-refractivity contribution in [1.82, 2.24) is 9.55 Å². The van der Waals surface area contributed by atoms with E-state index in [0.29, 0.717) is 0 Å². The maximum absolute atomic E-state index is 11.8. The van der Waals surface area contributed by atoms with Gasteiger partial charge in [-0.2, -0.15) is 0 Å². The number of carbonyl (C=O) groups is 1. The van der Waals surface area contributed by atoms with Crippen molar-refractivity contribution in [1.29, 1.82) is 0 Å². The first-order valence-electron chi connectivity index (χ1n) is 6.72. The summed E-state index contributed by atoms with van der Waals surface area (Å²) in [6.45, 7) is 4.01. The van der Waals surface area contributed by atoms with Crippen LogP contribution in [0.1, 0.15) is 38.6 Å². The van der Waals surface area contributed by atoms with Crippen LogP contribution in [0.4, 0.5) is 0 Å². The second-order valence-electron chi connectivity index (χ2n) is 4.69. The van der Waals surface area contributed by atoms with Gasteiger partial charge in [-0.05, 0) is 25.5 Å². The fourth-order valence-corrected chi connectivity index (χ4v) is 2.31. The molecule has 0 saturated carbocycles. The lowest BCUT2D eigenvalue weighted by Gasteiger charge is -2.15. The number of unbranched alkanes of at least 4 members (excludes halogenated alkanes) is 1. The quantitative estimate of drug-likeness (QED) is 0.776. The number of fused-ring (bicyclic) bond motifs is 1. The Hall–Kier alpha value is -1.84. The van der Waals surface area contributed by atoms with Gasteiger partial charge in [-0.3, -0.25) is 0 Å². The van der Waals surface area contributed by atoms with Crippen molar-refractivity contribution < 1.29 is 9.53 Å². The molecule has 1 atom stereocenters. The van der Waals surface area contributed by atoms with Gasteiger partial charge in [0, 0.05) is 6.42 Å². The Balaban J connectivity index is 2.50. The molecule has 0 aliphatic heterocycles. The first kappa shape index (κ1) is 13.6. The van der Waals surface area contributed by atoms with Crippen LogP contribution in [-0.2, 0) is 16.0 Å². The molecular weight excluding hydrogens is 240 g/mol. The molecule has 2 aromatic rings. The number of aromatic nitrogens is 2. The van der Waals surface area contributed by atoms with Gasteiger partial charge in [0.2, 0.25) is 0 Å². The number of aryl methyl sites for hydroxylation is 1. The summed E-state index contributed by atoms with van der Waals surface area (Å²) in [4.78, 5) is 16.5. The van der Waals surface area contributed by atoms with E-state index >= 15 is 0 Å². The highest BCUT2D eigenvalue weighted by molar-refractivity contribution is 5.81. The lowest BCUT2D eigenvalue weighted by atomic mass is 10.2. The zero-order valence-corrected chi connectivity index (χ0v) is 11.7. The van der Waals surface area contributed by atoms with Crippen molar-refractivity contribution in [2.45, 2.75) is 39.2 Å². The van der Waals surface area contributed by atoms with Crippen LogP contribution in [0.2, 0.25) is 0 Å². The first-order valence-corrected chi connectivity index (χ1v) is 6.72. The average Bonchev–Trinajstić information content (AvgIpc) is 2.81. The number of para-hydroxylation sites is 2. The number of esters is 1. The summed E-state index contributed by atoms with van der Waals surface area (Å²) in [5, 5.41) is 0. The lowest BCUT2D eigenvalue weighted by molar-refractivity contribution is -0.143. The number of ether oxygens (including phenoxy) is 1. The minimum atomic E-state index is -0.343. The zero-order valence-electron chi connectivity index (χ0n) is 11.7. The van der Waals surface area contributed by atoms with E-state index in [4.69, 9.17) is 4.74 Å². The van der Waals surface area contributed by atoms with E-state index in [2.05, 4.69) is 11.9 Å². The maximum atomic E-state index is 11.8. The molecule has 0 radical (unpaired) electrons. The Kier molecular flexibility index (Phi) is 4.20. The fraction of sp³-hybridized carbons (Fsp3) is 0.467. The monoisotopic (exact) mass is 260 g/mol. The molecule has 0 N–H and O–H groups in total. The third kappa shape index (κ3) is 2.62. The molecule has 2 rings (SSSR count). The van der Waals surface area contributed by atoms with E-state index < -0.39 is 0 Å². The molecule has 0 amide bonds. The summed E-state index contributed by atoms with van der Waals surface area (Å²) in [7, 11) is 1.42. The highest BCUT2D eigenvalue weighted by atomic mass is 16.5. The topological polar surface area (TPSA) is 44.1 Å². The molecule has 4 nitrogen and oxygen atoms in total. The van der Waals surface area contributed by atoms with Gasteiger partial charge in [-0.15, -0.1) is 0 Å². The highest BCUT2D eigenvalue weighted by Gasteiger charge is 2.21. The number of methoxy groups -OCH3 is 1. The predicted octanol–water partition coefficient (Wildman–Crippen LogP) is 3.11. The maximum Gasteiger partial charge on any atom is 0.328 e. The van der Waals surface area contributed by atoms with Gasteiger partial charge in [0.25, 0.3) is 0 Å². The highest BCUT2D eigenvalue weighted by Crippen LogP contribution is 2.23. The van der Waals surface area contributed by atoms with Crippen LogP contribution in [0.5, 0.6) is 0 Å². The van der Waals surface area contributed by atoms with Crippen LogP contribution in [0.3, 0.4) is 0 Å². The Morgan fingerprint density at radius 3 is 2.84 bits per heavy atom. The van der Waals surface area contributed by atoms with Crippen molar-refractivity contribution >= 4 is 17.0 Å². The number of nitrogens with zero attached hydrogens (tertiary/aromatic N) is 2. The van der Waals surface area contributed by atoms with Gasteiger partial charge in [0.1, 0.15) is 11.9 Å². The number of benzene rings is 1. The number of imidazole rings is 1. The minimum absolute atomic E-state index is 0.235. The Morgan fingerprint density at radius 1 is 1.42 bits per heavy atom. The summed E-state index contributed by atoms with van der Waals surface area (Å²) in [5.74, 6) is 0.724. The minimum Gasteiger partial charge on any atom is -0.467 e. The molecule has 0 saturated heterocycles. The van der Waals surface area contributed by atoms with Crippen LogP contribution in [0, 0.1) is 0 Å². The lowest BCUT2D eigenvalue weighted by Crippen LogP contribution is -2.19. The first-order chi connectivity index (χ1) is 9.19. The predicted molar refractivity (Wildman–Crippen MR) is 75.1 cm³/mol. The van der Waals surface area contributed by atoms with Crippen LogP contribution < -0.4 is 0 Å². The van der Waals surface area contributed by atoms with Gasteiger partial charge >= 0.3 is 5.97 Å². The summed E-state index contributed by atoms with van der Waals surface area (Å²) in [6.07, 6.45) is 3.06. The van der Waals surface area contributed by atoms with E-state index in [1.54, 1.807) is 0 Å².